The number of benzene rings is 6. The Morgan fingerprint density at radius 1 is 0.558 bits per heavy atom. The molecular formula is C51H49N. The minimum absolute atomic E-state index is 0.113. The molecule has 6 aromatic carbocycles. The van der Waals surface area contributed by atoms with Crippen molar-refractivity contribution in [3.8, 4) is 22.3 Å². The first-order valence-electron chi connectivity index (χ1n) is 20.5. The zero-order chi connectivity index (χ0) is 34.4. The smallest absolute Gasteiger partial charge is 0.0540 e. The molecule has 2 spiro atoms. The second kappa shape index (κ2) is 11.7. The fourth-order valence-corrected chi connectivity index (χ4v) is 12.8. The first kappa shape index (κ1) is 31.0. The van der Waals surface area contributed by atoms with Gasteiger partial charge in [-0.1, -0.05) is 143 Å². The van der Waals surface area contributed by atoms with Gasteiger partial charge in [-0.05, 0) is 130 Å². The quantitative estimate of drug-likeness (QED) is 0.180. The Hall–Kier alpha value is -4.62. The molecule has 0 aliphatic heterocycles. The predicted molar refractivity (Wildman–Crippen MR) is 218 cm³/mol. The van der Waals surface area contributed by atoms with Crippen molar-refractivity contribution in [1.82, 2.24) is 0 Å². The first-order valence-corrected chi connectivity index (χ1v) is 20.5. The Balaban J connectivity index is 1.14. The molecule has 6 aromatic rings. The van der Waals surface area contributed by atoms with Crippen molar-refractivity contribution in [3.05, 3.63) is 150 Å². The number of fused-ring (bicyclic) bond motifs is 14. The monoisotopic (exact) mass is 675 g/mol. The average molecular weight is 676 g/mol. The highest BCUT2D eigenvalue weighted by Crippen LogP contribution is 2.65. The van der Waals surface area contributed by atoms with E-state index >= 15 is 0 Å². The molecule has 0 N–H and O–H groups in total. The van der Waals surface area contributed by atoms with E-state index < -0.39 is 0 Å². The molecule has 0 aromatic heterocycles. The molecule has 0 radical (unpaired) electrons. The normalized spacial score (nSPS) is 24.8. The van der Waals surface area contributed by atoms with E-state index in [1.54, 1.807) is 22.3 Å². The van der Waals surface area contributed by atoms with E-state index in [4.69, 9.17) is 0 Å². The van der Waals surface area contributed by atoms with Crippen LogP contribution in [0.3, 0.4) is 0 Å². The fourth-order valence-electron chi connectivity index (χ4n) is 12.8. The summed E-state index contributed by atoms with van der Waals surface area (Å²) in [6.07, 6.45) is 14.7. The summed E-state index contributed by atoms with van der Waals surface area (Å²) in [6, 6.07) is 49.8. The summed E-state index contributed by atoms with van der Waals surface area (Å²) in [5.41, 5.74) is 16.2. The van der Waals surface area contributed by atoms with Crippen LogP contribution in [0.25, 0.3) is 33.0 Å². The molecule has 1 nitrogen and oxygen atoms in total. The van der Waals surface area contributed by atoms with Crippen LogP contribution in [0, 0.1) is 17.8 Å². The SMILES string of the molecule is CCC1CC2CCCC(C2)C12c1ccccc1-c1cc(N(c3ccc4c(c3)C3(CCCCC3)c3ccccc3-4)c3cccc4ccccc34)ccc12. The van der Waals surface area contributed by atoms with Crippen LogP contribution in [0.1, 0.15) is 99.8 Å². The number of hydrogen-bond acceptors (Lipinski definition) is 1. The molecule has 4 atom stereocenters. The van der Waals surface area contributed by atoms with Gasteiger partial charge >= 0.3 is 0 Å². The third-order valence-electron chi connectivity index (χ3n) is 14.8. The van der Waals surface area contributed by atoms with Crippen LogP contribution in [0.15, 0.2) is 127 Å². The molecule has 0 heterocycles. The molecule has 1 heteroatoms. The standard InChI is InChI=1S/C51H49N/c1-2-36-30-34-14-12-17-37(31-34)51(36)46-22-9-7-20-42(46)44-32-38(25-27-47(44)51)52(49-23-13-16-35-15-4-5-18-40(35)49)39-24-26-43-41-19-6-8-21-45(41)50(48(43)33-39)28-10-3-11-29-50/h4-9,13,15-16,18-27,32-34,36-37H,2-3,10-12,14,17,28-31H2,1H3. The van der Waals surface area contributed by atoms with E-state index in [0.717, 1.165) is 11.8 Å². The molecule has 5 aliphatic rings. The number of anilines is 3. The van der Waals surface area contributed by atoms with Crippen molar-refractivity contribution < 1.29 is 0 Å². The van der Waals surface area contributed by atoms with Crippen molar-refractivity contribution >= 4 is 27.8 Å². The Morgan fingerprint density at radius 3 is 2.12 bits per heavy atom. The van der Waals surface area contributed by atoms with Gasteiger partial charge in [0.2, 0.25) is 0 Å². The van der Waals surface area contributed by atoms with E-state index in [9.17, 15) is 0 Å². The number of hydrogen-bond donors (Lipinski definition) is 0. The summed E-state index contributed by atoms with van der Waals surface area (Å²) in [7, 11) is 0. The van der Waals surface area contributed by atoms with Gasteiger partial charge in [-0.2, -0.15) is 0 Å². The van der Waals surface area contributed by atoms with Gasteiger partial charge in [0, 0.05) is 27.6 Å². The molecule has 2 bridgehead atoms. The first-order chi connectivity index (χ1) is 25.7. The van der Waals surface area contributed by atoms with Crippen LogP contribution in [0.2, 0.25) is 0 Å². The van der Waals surface area contributed by atoms with Gasteiger partial charge in [0.15, 0.2) is 0 Å². The van der Waals surface area contributed by atoms with Crippen molar-refractivity contribution in [2.24, 2.45) is 17.8 Å². The van der Waals surface area contributed by atoms with Crippen LogP contribution < -0.4 is 4.90 Å². The third-order valence-corrected chi connectivity index (χ3v) is 14.8. The Kier molecular flexibility index (Phi) is 6.96. The van der Waals surface area contributed by atoms with Crippen molar-refractivity contribution in [2.75, 3.05) is 4.90 Å². The Labute approximate surface area is 309 Å². The minimum atomic E-state index is 0.113. The highest BCUT2D eigenvalue weighted by atomic mass is 15.1. The summed E-state index contributed by atoms with van der Waals surface area (Å²) in [5, 5.41) is 2.58. The lowest BCUT2D eigenvalue weighted by Gasteiger charge is -2.54. The maximum absolute atomic E-state index is 2.60. The molecule has 0 amide bonds. The van der Waals surface area contributed by atoms with Gasteiger partial charge in [-0.15, -0.1) is 0 Å². The van der Waals surface area contributed by atoms with E-state index in [2.05, 4.69) is 139 Å². The molecule has 5 aliphatic carbocycles. The minimum Gasteiger partial charge on any atom is -0.310 e. The molecule has 4 unspecified atom stereocenters. The van der Waals surface area contributed by atoms with Crippen molar-refractivity contribution in [2.45, 2.75) is 88.4 Å². The summed E-state index contributed by atoms with van der Waals surface area (Å²) < 4.78 is 0. The summed E-state index contributed by atoms with van der Waals surface area (Å²) in [5.74, 6) is 2.34. The summed E-state index contributed by atoms with van der Waals surface area (Å²) in [6.45, 7) is 2.47. The maximum Gasteiger partial charge on any atom is 0.0540 e. The lowest BCUT2D eigenvalue weighted by Crippen LogP contribution is -2.48. The van der Waals surface area contributed by atoms with Gasteiger partial charge in [0.05, 0.1) is 5.69 Å². The van der Waals surface area contributed by atoms with E-state index in [-0.39, 0.29) is 10.8 Å². The van der Waals surface area contributed by atoms with Crippen LogP contribution >= 0.6 is 0 Å². The second-order valence-electron chi connectivity index (χ2n) is 17.0. The fraction of sp³-hybridized carbons (Fsp3) is 0.333. The van der Waals surface area contributed by atoms with Crippen molar-refractivity contribution in [1.29, 1.82) is 0 Å². The van der Waals surface area contributed by atoms with Gasteiger partial charge in [-0.25, -0.2) is 0 Å². The van der Waals surface area contributed by atoms with Crippen LogP contribution in [0.4, 0.5) is 17.1 Å². The molecular weight excluding hydrogens is 627 g/mol. The third kappa shape index (κ3) is 4.17. The second-order valence-corrected chi connectivity index (χ2v) is 17.0. The molecule has 0 saturated heterocycles. The van der Waals surface area contributed by atoms with Crippen LogP contribution in [-0.2, 0) is 10.8 Å². The summed E-state index contributed by atoms with van der Waals surface area (Å²) in [4.78, 5) is 2.60. The van der Waals surface area contributed by atoms with E-state index in [0.29, 0.717) is 5.92 Å². The Morgan fingerprint density at radius 2 is 1.25 bits per heavy atom. The lowest BCUT2D eigenvalue weighted by molar-refractivity contribution is 0.0557. The highest BCUT2D eigenvalue weighted by molar-refractivity contribution is 6.00. The van der Waals surface area contributed by atoms with Gasteiger partial charge < -0.3 is 4.90 Å². The summed E-state index contributed by atoms with van der Waals surface area (Å²) >= 11 is 0. The largest absolute Gasteiger partial charge is 0.310 e. The van der Waals surface area contributed by atoms with Crippen molar-refractivity contribution in [3.63, 3.8) is 0 Å². The van der Waals surface area contributed by atoms with Crippen LogP contribution in [0.5, 0.6) is 0 Å². The topological polar surface area (TPSA) is 3.24 Å². The van der Waals surface area contributed by atoms with Gasteiger partial charge in [-0.3, -0.25) is 0 Å². The number of nitrogens with zero attached hydrogens (tertiary/aromatic N) is 1. The van der Waals surface area contributed by atoms with E-state index in [1.165, 1.54) is 121 Å². The lowest BCUT2D eigenvalue weighted by atomic mass is 9.50. The highest BCUT2D eigenvalue weighted by Gasteiger charge is 2.56. The predicted octanol–water partition coefficient (Wildman–Crippen LogP) is 14.0. The average Bonchev–Trinajstić information content (AvgIpc) is 3.64. The molecule has 11 rings (SSSR count). The van der Waals surface area contributed by atoms with E-state index in [1.807, 2.05) is 0 Å². The van der Waals surface area contributed by atoms with Gasteiger partial charge in [0.1, 0.15) is 0 Å². The molecule has 3 fully saturated rings. The maximum atomic E-state index is 2.60. The van der Waals surface area contributed by atoms with Crippen LogP contribution in [-0.4, -0.2) is 0 Å². The Bertz CT molecular complexity index is 2350. The zero-order valence-corrected chi connectivity index (χ0v) is 30.6. The molecule has 258 valence electrons. The molecule has 3 saturated carbocycles. The zero-order valence-electron chi connectivity index (χ0n) is 30.6. The number of rotatable bonds is 4. The molecule has 52 heavy (non-hydrogen) atoms. The van der Waals surface area contributed by atoms with Gasteiger partial charge in [0.25, 0.3) is 0 Å².